The predicted molar refractivity (Wildman–Crippen MR) is 283 cm³/mol. The van der Waals surface area contributed by atoms with Crippen LogP contribution in [0.15, 0.2) is 51.1 Å². The van der Waals surface area contributed by atoms with Gasteiger partial charge in [-0.3, -0.25) is 24.0 Å². The Labute approximate surface area is 450 Å². The zero-order chi connectivity index (χ0) is 54.9. The first-order valence-electron chi connectivity index (χ1n) is 29.0. The Morgan fingerprint density at radius 1 is 0.671 bits per heavy atom. The van der Waals surface area contributed by atoms with Gasteiger partial charge in [0.05, 0.1) is 35.7 Å². The molecule has 11 rings (SSSR count). The molecular formula is C64H83N3O9. The minimum Gasteiger partial charge on any atom is -0.469 e. The first-order chi connectivity index (χ1) is 35.5. The summed E-state index contributed by atoms with van der Waals surface area (Å²) in [7, 11) is 1.47. The summed E-state index contributed by atoms with van der Waals surface area (Å²) >= 11 is 0. The van der Waals surface area contributed by atoms with Crippen LogP contribution in [0.5, 0.6) is 0 Å². The van der Waals surface area contributed by atoms with E-state index in [4.69, 9.17) is 19.0 Å². The number of allylic oxidation sites excluding steroid dienone is 7. The van der Waals surface area contributed by atoms with Crippen molar-refractivity contribution in [2.45, 2.75) is 185 Å². The molecule has 0 saturated heterocycles. The van der Waals surface area contributed by atoms with Crippen molar-refractivity contribution in [3.05, 3.63) is 58.3 Å². The number of hydrogen-bond acceptors (Lipinski definition) is 12. The minimum atomic E-state index is -0.761. The molecule has 1 heterocycles. The zero-order valence-electron chi connectivity index (χ0n) is 47.8. The Morgan fingerprint density at radius 2 is 1.18 bits per heavy atom. The summed E-state index contributed by atoms with van der Waals surface area (Å²) in [5.41, 5.74) is -1.96. The molecule has 10 aliphatic rings. The van der Waals surface area contributed by atoms with E-state index in [-0.39, 0.29) is 111 Å². The van der Waals surface area contributed by atoms with E-state index >= 15 is 4.79 Å². The van der Waals surface area contributed by atoms with Crippen LogP contribution >= 0.6 is 0 Å². The molecule has 1 aromatic heterocycles. The third kappa shape index (κ3) is 6.89. The van der Waals surface area contributed by atoms with E-state index in [0.29, 0.717) is 31.0 Å². The molecule has 0 radical (unpaired) electrons. The zero-order valence-corrected chi connectivity index (χ0v) is 47.8. The normalized spacial score (nSPS) is 45.7. The van der Waals surface area contributed by atoms with Gasteiger partial charge in [0.15, 0.2) is 29.0 Å². The Kier molecular flexibility index (Phi) is 11.8. The van der Waals surface area contributed by atoms with Crippen molar-refractivity contribution in [2.75, 3.05) is 13.7 Å². The highest BCUT2D eigenvalue weighted by molar-refractivity contribution is 6.19. The van der Waals surface area contributed by atoms with Gasteiger partial charge in [-0.05, 0) is 158 Å². The third-order valence-electron chi connectivity index (χ3n) is 25.2. The lowest BCUT2D eigenvalue weighted by Crippen LogP contribution is -2.65. The highest BCUT2D eigenvalue weighted by atomic mass is 16.5. The number of aromatic nitrogens is 2. The summed E-state index contributed by atoms with van der Waals surface area (Å²) in [6, 6.07) is 2.19. The number of carbonyl (C=O) groups is 6. The van der Waals surface area contributed by atoms with Crippen molar-refractivity contribution in [1.82, 2.24) is 10.1 Å². The van der Waals surface area contributed by atoms with Gasteiger partial charge in [-0.1, -0.05) is 112 Å². The molecule has 12 nitrogen and oxygen atoms in total. The maximum Gasteiger partial charge on any atom is 0.341 e. The monoisotopic (exact) mass is 1040 g/mol. The molecule has 6 saturated carbocycles. The molecule has 16 atom stereocenters. The van der Waals surface area contributed by atoms with Gasteiger partial charge < -0.3 is 14.0 Å². The minimum absolute atomic E-state index is 0.0160. The molecule has 12 heteroatoms. The Hall–Kier alpha value is -4.79. The van der Waals surface area contributed by atoms with Gasteiger partial charge >= 0.3 is 11.9 Å². The van der Waals surface area contributed by atoms with Crippen LogP contribution in [0.1, 0.15) is 185 Å². The number of nitrogens with zero attached hydrogens (tertiary/aromatic N) is 3. The molecule has 0 aromatic carbocycles. The SMILES string of the molecule is COC(=O)[C@]12CCC(C)(C)CC1C1C(=O)C=C3[C@@]4(C)C=C(C(=O)OCCc5noc([C@]67CCC(C)(C)CC6C6C(=O)C=C8[C@@]9(C)C=C(C#N)C(=O)[C@@H](C)[C@@H]9CC[C@@]8(C)[C@]6(C)CC7)n5)C(=O)[C@@H](C)[C@@H]4CC[C@@]3(C)[C@]1(C)CC2. The van der Waals surface area contributed by atoms with E-state index in [2.05, 4.69) is 80.5 Å². The molecule has 408 valence electrons. The number of carbonyl (C=O) groups excluding carboxylic acids is 6. The molecule has 6 fully saturated rings. The van der Waals surface area contributed by atoms with E-state index in [9.17, 15) is 29.2 Å². The summed E-state index contributed by atoms with van der Waals surface area (Å²) in [5, 5.41) is 14.6. The van der Waals surface area contributed by atoms with Crippen LogP contribution in [0.2, 0.25) is 0 Å². The average molecular weight is 1040 g/mol. The summed E-state index contributed by atoms with van der Waals surface area (Å²) in [6.45, 7) is 26.4. The highest BCUT2D eigenvalue weighted by Crippen LogP contribution is 2.76. The lowest BCUT2D eigenvalue weighted by Gasteiger charge is -2.68. The Balaban J connectivity index is 0.847. The Morgan fingerprint density at radius 3 is 1.78 bits per heavy atom. The predicted octanol–water partition coefficient (Wildman–Crippen LogP) is 11.7. The molecule has 0 amide bonds. The van der Waals surface area contributed by atoms with Gasteiger partial charge in [-0.25, -0.2) is 4.79 Å². The van der Waals surface area contributed by atoms with E-state index in [1.54, 1.807) is 0 Å². The van der Waals surface area contributed by atoms with Crippen molar-refractivity contribution in [1.29, 1.82) is 5.26 Å². The van der Waals surface area contributed by atoms with Gasteiger partial charge in [-0.2, -0.15) is 10.2 Å². The van der Waals surface area contributed by atoms with E-state index in [1.807, 2.05) is 38.2 Å². The van der Waals surface area contributed by atoms with Crippen LogP contribution in [-0.4, -0.2) is 58.9 Å². The topological polar surface area (TPSA) is 184 Å². The van der Waals surface area contributed by atoms with Gasteiger partial charge in [0, 0.05) is 40.9 Å². The second-order valence-electron chi connectivity index (χ2n) is 29.4. The molecule has 0 bridgehead atoms. The fraction of sp³-hybridized carbons (Fsp3) is 0.734. The largest absolute Gasteiger partial charge is 0.469 e. The van der Waals surface area contributed by atoms with Crippen molar-refractivity contribution in [3.63, 3.8) is 0 Å². The quantitative estimate of drug-likeness (QED) is 0.194. The Bertz CT molecular complexity index is 2950. The fourth-order valence-corrected chi connectivity index (χ4v) is 20.4. The van der Waals surface area contributed by atoms with Crippen LogP contribution in [-0.2, 0) is 50.1 Å². The van der Waals surface area contributed by atoms with E-state index in [1.165, 1.54) is 7.11 Å². The van der Waals surface area contributed by atoms with Crippen molar-refractivity contribution < 1.29 is 42.8 Å². The second-order valence-corrected chi connectivity index (χ2v) is 29.4. The summed E-state index contributed by atoms with van der Waals surface area (Å²) < 4.78 is 17.8. The number of Topliss-reactive ketones (excluding diaryl/α,β-unsaturated/α-hetero) is 2. The number of methoxy groups -OCH3 is 1. The van der Waals surface area contributed by atoms with Crippen LogP contribution < -0.4 is 0 Å². The summed E-state index contributed by atoms with van der Waals surface area (Å²) in [4.78, 5) is 90.9. The average Bonchev–Trinajstić information content (AvgIpc) is 3.97. The number of hydrogen-bond donors (Lipinski definition) is 0. The summed E-state index contributed by atoms with van der Waals surface area (Å²) in [6.07, 6.45) is 18.8. The number of esters is 2. The standard InChI is InChI=1S/C64H83N3O9/c1-35-39-14-17-59(9)45(57(39,7)30-37(34-65)50(35)70)28-43(68)48-41-32-55(3,4)19-23-63(41,25-21-61(48,59)11)53-66-47(67-76-53)16-27-75-52(72)38-31-58(8)40(36(2)51(38)71)15-18-60(10)46(58)29-44(69)49-42-33-56(5,6)20-24-64(42,54(73)74-13)26-22-62(49,60)12/h28-31,35-36,39-42,48-49H,14-27,32-33H2,1-13H3/t35-,36-,39-,40-,41?,42?,48?,49?,57-,58-,59+,60+,61+,62+,63-,64-/m0/s1. The van der Waals surface area contributed by atoms with Crippen molar-refractivity contribution in [3.8, 4) is 6.07 Å². The van der Waals surface area contributed by atoms with Gasteiger partial charge in [0.25, 0.3) is 0 Å². The van der Waals surface area contributed by atoms with Crippen LogP contribution in [0.4, 0.5) is 0 Å². The van der Waals surface area contributed by atoms with Gasteiger partial charge in [-0.15, -0.1) is 0 Å². The van der Waals surface area contributed by atoms with Crippen molar-refractivity contribution >= 4 is 35.1 Å². The van der Waals surface area contributed by atoms with Gasteiger partial charge in [0.1, 0.15) is 6.07 Å². The van der Waals surface area contributed by atoms with E-state index < -0.39 is 49.8 Å². The lowest BCUT2D eigenvalue weighted by atomic mass is 9.35. The van der Waals surface area contributed by atoms with Crippen LogP contribution in [0.3, 0.4) is 0 Å². The smallest absolute Gasteiger partial charge is 0.341 e. The first kappa shape index (κ1) is 53.2. The molecule has 4 unspecified atom stereocenters. The number of ketones is 4. The number of ether oxygens (including phenoxy) is 2. The third-order valence-corrected chi connectivity index (χ3v) is 25.2. The van der Waals surface area contributed by atoms with Crippen molar-refractivity contribution in [2.24, 2.45) is 96.1 Å². The maximum atomic E-state index is 15.1. The molecule has 0 spiro atoms. The van der Waals surface area contributed by atoms with Gasteiger partial charge in [0.2, 0.25) is 5.89 Å². The molecular weight excluding hydrogens is 955 g/mol. The summed E-state index contributed by atoms with van der Waals surface area (Å²) in [5.74, 6) is -1.88. The van der Waals surface area contributed by atoms with E-state index in [0.717, 1.165) is 81.8 Å². The van der Waals surface area contributed by atoms with Crippen LogP contribution in [0.25, 0.3) is 0 Å². The van der Waals surface area contributed by atoms with Crippen LogP contribution in [0, 0.1) is 107 Å². The fourth-order valence-electron chi connectivity index (χ4n) is 20.4. The molecule has 0 aliphatic heterocycles. The maximum absolute atomic E-state index is 15.1. The number of fused-ring (bicyclic) bond motifs is 14. The number of rotatable bonds is 6. The first-order valence-corrected chi connectivity index (χ1v) is 29.0. The lowest BCUT2D eigenvalue weighted by molar-refractivity contribution is -0.190. The molecule has 0 N–H and O–H groups in total. The second kappa shape index (κ2) is 16.9. The molecule has 10 aliphatic carbocycles. The molecule has 76 heavy (non-hydrogen) atoms. The molecule has 1 aromatic rings. The number of nitriles is 1. The highest BCUT2D eigenvalue weighted by Gasteiger charge is 2.72.